The lowest BCUT2D eigenvalue weighted by Crippen LogP contribution is -2.30. The van der Waals surface area contributed by atoms with Crippen LogP contribution in [0.3, 0.4) is 0 Å². The lowest BCUT2D eigenvalue weighted by atomic mass is 9.87. The molecule has 2 aromatic carbocycles. The van der Waals surface area contributed by atoms with Gasteiger partial charge in [-0.1, -0.05) is 25.1 Å². The van der Waals surface area contributed by atoms with Gasteiger partial charge in [0.1, 0.15) is 11.2 Å². The molecular formula is C24H29N3O5S. The fourth-order valence-corrected chi connectivity index (χ4v) is 5.91. The Morgan fingerprint density at radius 1 is 1.15 bits per heavy atom. The van der Waals surface area contributed by atoms with Crippen molar-refractivity contribution >= 4 is 26.9 Å². The van der Waals surface area contributed by atoms with Crippen LogP contribution in [0, 0.1) is 5.92 Å². The van der Waals surface area contributed by atoms with Crippen molar-refractivity contribution < 1.29 is 23.1 Å². The molecule has 2 heterocycles. The normalized spacial score (nSPS) is 19.8. The summed E-state index contributed by atoms with van der Waals surface area (Å²) in [6, 6.07) is 13.7. The van der Waals surface area contributed by atoms with Gasteiger partial charge in [0.15, 0.2) is 0 Å². The van der Waals surface area contributed by atoms with Crippen molar-refractivity contribution in [2.45, 2.75) is 44.0 Å². The van der Waals surface area contributed by atoms with Crippen LogP contribution in [0.4, 0.5) is 0 Å². The fourth-order valence-electron chi connectivity index (χ4n) is 4.35. The zero-order chi connectivity index (χ0) is 24.0. The number of hydrogen-bond acceptors (Lipinski definition) is 5. The fraction of sp³-hybridized carbons (Fsp3) is 0.417. The van der Waals surface area contributed by atoms with Gasteiger partial charge in [0.25, 0.3) is 0 Å². The standard InChI is InChI=1S/C24H29N3O5S/c1-5-32-17-10-12-18(13-11-17)33(30,31)26-14-16(2)21(15-26)27-20-9-7-6-8-19(20)22(25-27)24(3,4)23(28)29/h6-13,16,21H,5,14-15H2,1-4H3,(H,28,29)/t16-,21+/m1/s1. The zero-order valence-electron chi connectivity index (χ0n) is 19.2. The number of nitrogens with zero attached hydrogens (tertiary/aromatic N) is 3. The molecule has 3 aromatic rings. The van der Waals surface area contributed by atoms with Crippen LogP contribution >= 0.6 is 0 Å². The number of sulfonamides is 1. The summed E-state index contributed by atoms with van der Waals surface area (Å²) in [5.74, 6) is -0.343. The number of benzene rings is 2. The minimum atomic E-state index is -3.69. The highest BCUT2D eigenvalue weighted by Gasteiger charge is 2.41. The molecule has 1 saturated heterocycles. The van der Waals surface area contributed by atoms with Gasteiger partial charge >= 0.3 is 5.97 Å². The molecule has 176 valence electrons. The highest BCUT2D eigenvalue weighted by molar-refractivity contribution is 7.89. The predicted octanol–water partition coefficient (Wildman–Crippen LogP) is 3.68. The second-order valence-electron chi connectivity index (χ2n) is 9.01. The van der Waals surface area contributed by atoms with Gasteiger partial charge < -0.3 is 9.84 Å². The maximum atomic E-state index is 13.3. The molecule has 4 rings (SSSR count). The molecule has 8 nitrogen and oxygen atoms in total. The Bertz CT molecular complexity index is 1280. The van der Waals surface area contributed by atoms with Gasteiger partial charge in [-0.05, 0) is 57.0 Å². The molecule has 0 spiro atoms. The van der Waals surface area contributed by atoms with Crippen molar-refractivity contribution in [1.29, 1.82) is 0 Å². The molecule has 0 bridgehead atoms. The number of carboxylic acids is 1. The highest BCUT2D eigenvalue weighted by Crippen LogP contribution is 2.37. The number of para-hydroxylation sites is 1. The minimum Gasteiger partial charge on any atom is -0.494 e. The lowest BCUT2D eigenvalue weighted by Gasteiger charge is -2.19. The molecule has 1 aromatic heterocycles. The Balaban J connectivity index is 1.69. The van der Waals surface area contributed by atoms with Crippen molar-refractivity contribution in [3.05, 3.63) is 54.2 Å². The Morgan fingerprint density at radius 2 is 1.82 bits per heavy atom. The molecule has 9 heteroatoms. The minimum absolute atomic E-state index is 0.00781. The Morgan fingerprint density at radius 3 is 2.45 bits per heavy atom. The molecule has 0 radical (unpaired) electrons. The third-order valence-corrected chi connectivity index (χ3v) is 8.21. The van der Waals surface area contributed by atoms with E-state index in [2.05, 4.69) is 0 Å². The molecule has 1 N–H and O–H groups in total. The molecule has 1 fully saturated rings. The van der Waals surface area contributed by atoms with Gasteiger partial charge in [-0.3, -0.25) is 9.48 Å². The van der Waals surface area contributed by atoms with Crippen molar-refractivity contribution in [2.24, 2.45) is 5.92 Å². The summed E-state index contributed by atoms with van der Waals surface area (Å²) >= 11 is 0. The number of aromatic nitrogens is 2. The average Bonchev–Trinajstić information content (AvgIpc) is 3.35. The number of fused-ring (bicyclic) bond motifs is 1. The molecule has 0 aliphatic carbocycles. The molecule has 2 atom stereocenters. The lowest BCUT2D eigenvalue weighted by molar-refractivity contribution is -0.142. The SMILES string of the molecule is CCOc1ccc(S(=O)(=O)N2C[C@@H](C)[C@@H](n3nc(C(C)(C)C(=O)O)c4ccccc43)C2)cc1. The number of aliphatic carboxylic acids is 1. The van der Waals surface area contributed by atoms with Crippen LogP contribution < -0.4 is 4.74 Å². The quantitative estimate of drug-likeness (QED) is 0.564. The monoisotopic (exact) mass is 471 g/mol. The molecule has 0 unspecified atom stereocenters. The van der Waals surface area contributed by atoms with Gasteiger partial charge in [0.05, 0.1) is 28.8 Å². The number of carbonyl (C=O) groups is 1. The first-order valence-corrected chi connectivity index (χ1v) is 12.5. The Kier molecular flexibility index (Phi) is 5.96. The summed E-state index contributed by atoms with van der Waals surface area (Å²) < 4.78 is 35.4. The summed E-state index contributed by atoms with van der Waals surface area (Å²) in [5.41, 5.74) is 0.102. The Hall–Kier alpha value is -2.91. The first kappa shape index (κ1) is 23.3. The third-order valence-electron chi connectivity index (χ3n) is 6.37. The van der Waals surface area contributed by atoms with E-state index >= 15 is 0 Å². The van der Waals surface area contributed by atoms with E-state index in [4.69, 9.17) is 9.84 Å². The summed E-state index contributed by atoms with van der Waals surface area (Å²) in [6.45, 7) is 8.26. The van der Waals surface area contributed by atoms with Crippen LogP contribution in [0.25, 0.3) is 10.9 Å². The summed E-state index contributed by atoms with van der Waals surface area (Å²) in [4.78, 5) is 12.1. The molecule has 1 aliphatic heterocycles. The maximum Gasteiger partial charge on any atom is 0.315 e. The van der Waals surface area contributed by atoms with Gasteiger partial charge in [-0.25, -0.2) is 8.42 Å². The van der Waals surface area contributed by atoms with E-state index in [-0.39, 0.29) is 23.4 Å². The predicted molar refractivity (Wildman–Crippen MR) is 125 cm³/mol. The van der Waals surface area contributed by atoms with Gasteiger partial charge in [-0.2, -0.15) is 9.40 Å². The Labute approximate surface area is 193 Å². The van der Waals surface area contributed by atoms with Crippen LogP contribution in [0.2, 0.25) is 0 Å². The number of ether oxygens (including phenoxy) is 1. The number of carboxylic acid groups (broad SMARTS) is 1. The van der Waals surface area contributed by atoms with E-state index in [1.54, 1.807) is 38.1 Å². The molecule has 0 saturated carbocycles. The molecule has 1 aliphatic rings. The largest absolute Gasteiger partial charge is 0.494 e. The number of rotatable bonds is 7. The van der Waals surface area contributed by atoms with E-state index in [0.717, 1.165) is 10.9 Å². The first-order chi connectivity index (χ1) is 15.6. The van der Waals surface area contributed by atoms with E-state index in [1.807, 2.05) is 42.8 Å². The third kappa shape index (κ3) is 4.00. The molecule has 33 heavy (non-hydrogen) atoms. The van der Waals surface area contributed by atoms with Crippen molar-refractivity contribution in [3.8, 4) is 5.75 Å². The number of hydrogen-bond donors (Lipinski definition) is 1. The van der Waals surface area contributed by atoms with Gasteiger partial charge in [-0.15, -0.1) is 0 Å². The van der Waals surface area contributed by atoms with Gasteiger partial charge in [0.2, 0.25) is 10.0 Å². The van der Waals surface area contributed by atoms with E-state index in [0.29, 0.717) is 24.6 Å². The van der Waals surface area contributed by atoms with E-state index in [9.17, 15) is 18.3 Å². The summed E-state index contributed by atoms with van der Waals surface area (Å²) in [6.07, 6.45) is 0. The highest BCUT2D eigenvalue weighted by atomic mass is 32.2. The van der Waals surface area contributed by atoms with Crippen LogP contribution in [-0.4, -0.2) is 53.3 Å². The van der Waals surface area contributed by atoms with Crippen LogP contribution in [-0.2, 0) is 20.2 Å². The molecule has 0 amide bonds. The van der Waals surface area contributed by atoms with Crippen LogP contribution in [0.5, 0.6) is 5.75 Å². The van der Waals surface area contributed by atoms with E-state index in [1.165, 1.54) is 4.31 Å². The first-order valence-electron chi connectivity index (χ1n) is 11.0. The zero-order valence-corrected chi connectivity index (χ0v) is 20.0. The van der Waals surface area contributed by atoms with Crippen LogP contribution in [0.15, 0.2) is 53.4 Å². The van der Waals surface area contributed by atoms with Gasteiger partial charge in [0, 0.05) is 18.5 Å². The average molecular weight is 472 g/mol. The second-order valence-corrected chi connectivity index (χ2v) is 10.9. The smallest absolute Gasteiger partial charge is 0.315 e. The van der Waals surface area contributed by atoms with E-state index < -0.39 is 21.4 Å². The van der Waals surface area contributed by atoms with Crippen molar-refractivity contribution in [3.63, 3.8) is 0 Å². The van der Waals surface area contributed by atoms with Crippen LogP contribution in [0.1, 0.15) is 39.4 Å². The summed E-state index contributed by atoms with van der Waals surface area (Å²) in [5, 5.41) is 15.3. The second kappa shape index (κ2) is 8.46. The topological polar surface area (TPSA) is 102 Å². The summed E-state index contributed by atoms with van der Waals surface area (Å²) in [7, 11) is -3.69. The van der Waals surface area contributed by atoms with Crippen molar-refractivity contribution in [2.75, 3.05) is 19.7 Å². The van der Waals surface area contributed by atoms with Crippen molar-refractivity contribution in [1.82, 2.24) is 14.1 Å². The maximum absolute atomic E-state index is 13.3. The molecular weight excluding hydrogens is 442 g/mol.